The third-order valence-corrected chi connectivity index (χ3v) is 18.0. The van der Waals surface area contributed by atoms with Gasteiger partial charge in [-0.15, -0.1) is 11.3 Å². The van der Waals surface area contributed by atoms with Crippen molar-refractivity contribution < 1.29 is 52.3 Å². The Morgan fingerprint density at radius 2 is 1.11 bits per heavy atom. The summed E-state index contributed by atoms with van der Waals surface area (Å²) >= 11 is 2.42. The summed E-state index contributed by atoms with van der Waals surface area (Å²) in [7, 11) is 3.43. The molecule has 0 aliphatic carbocycles. The fourth-order valence-corrected chi connectivity index (χ4v) is 12.8. The van der Waals surface area contributed by atoms with Gasteiger partial charge in [0.05, 0.1) is 57.4 Å². The van der Waals surface area contributed by atoms with Crippen LogP contribution in [0.15, 0.2) is 163 Å². The van der Waals surface area contributed by atoms with Gasteiger partial charge in [-0.1, -0.05) is 142 Å². The van der Waals surface area contributed by atoms with Crippen molar-refractivity contribution in [3.63, 3.8) is 0 Å². The molecule has 1 aliphatic rings. The third kappa shape index (κ3) is 11.7. The number of anilines is 2. The maximum atomic E-state index is 13.1. The van der Waals surface area contributed by atoms with Gasteiger partial charge in [0.25, 0.3) is 0 Å². The molecule has 418 valence electrons. The minimum absolute atomic E-state index is 0.0149. The SMILES string of the molecule is CCC(C)(C)C(=O)SCCO[PH](=O)OC[C@H]1O[C@@H](c2scc3c(NC(c4ccccc4)(c4ccc(OC)cc4)c4ccc(OC)cc4)nc(NC(c4ccccc4)(c4ccc(OC)cc4)c4ccc(OC)cc4)nc23)[C@](C)(O)[C@@H]1O. The molecule has 2 aromatic heterocycles. The van der Waals surface area contributed by atoms with Gasteiger partial charge in [0.15, 0.2) is 5.12 Å². The highest BCUT2D eigenvalue weighted by atomic mass is 32.2. The number of aliphatic hydroxyl groups is 2. The first-order chi connectivity index (χ1) is 38.6. The number of nitrogens with one attached hydrogen (secondary N) is 2. The summed E-state index contributed by atoms with van der Waals surface area (Å²) < 4.78 is 53.5. The fraction of sp³-hybridized carbons (Fsp3) is 0.306. The Morgan fingerprint density at radius 1 is 0.675 bits per heavy atom. The van der Waals surface area contributed by atoms with Crippen molar-refractivity contribution in [1.82, 2.24) is 9.97 Å². The molecule has 0 spiro atoms. The van der Waals surface area contributed by atoms with Crippen molar-refractivity contribution in [2.45, 2.75) is 69.1 Å². The van der Waals surface area contributed by atoms with E-state index in [2.05, 4.69) is 22.8 Å². The van der Waals surface area contributed by atoms with Crippen molar-refractivity contribution in [1.29, 1.82) is 0 Å². The van der Waals surface area contributed by atoms with E-state index in [0.717, 1.165) is 45.1 Å². The number of fused-ring (bicyclic) bond motifs is 1. The molecule has 0 bridgehead atoms. The number of benzene rings is 6. The third-order valence-electron chi connectivity index (χ3n) is 15.0. The molecule has 1 aliphatic heterocycles. The summed E-state index contributed by atoms with van der Waals surface area (Å²) in [6, 6.07) is 51.5. The van der Waals surface area contributed by atoms with Crippen LogP contribution in [-0.2, 0) is 34.2 Å². The summed E-state index contributed by atoms with van der Waals surface area (Å²) in [5.74, 6) is 3.57. The number of aliphatic hydroxyl groups excluding tert-OH is 1. The van der Waals surface area contributed by atoms with E-state index in [0.29, 0.717) is 56.8 Å². The average Bonchev–Trinajstić information content (AvgIpc) is 4.21. The second kappa shape index (κ2) is 24.9. The van der Waals surface area contributed by atoms with E-state index in [1.165, 1.54) is 18.3 Å². The Bertz CT molecular complexity index is 3270. The fourth-order valence-electron chi connectivity index (χ4n) is 9.97. The minimum Gasteiger partial charge on any atom is -0.497 e. The quantitative estimate of drug-likeness (QED) is 0.0254. The monoisotopic (exact) mass is 1140 g/mol. The molecule has 1 saturated heterocycles. The number of aromatic nitrogens is 2. The van der Waals surface area contributed by atoms with Crippen LogP contribution in [0.1, 0.15) is 78.5 Å². The zero-order valence-corrected chi connectivity index (χ0v) is 48.6. The highest BCUT2D eigenvalue weighted by molar-refractivity contribution is 8.13. The van der Waals surface area contributed by atoms with Gasteiger partial charge in [0, 0.05) is 16.5 Å². The Morgan fingerprint density at radius 3 is 1.55 bits per heavy atom. The van der Waals surface area contributed by atoms with E-state index in [1.54, 1.807) is 28.4 Å². The van der Waals surface area contributed by atoms with Gasteiger partial charge in [-0.3, -0.25) is 9.36 Å². The van der Waals surface area contributed by atoms with E-state index in [1.807, 2.05) is 172 Å². The van der Waals surface area contributed by atoms with Crippen LogP contribution < -0.4 is 29.6 Å². The van der Waals surface area contributed by atoms with Crippen LogP contribution in [0.5, 0.6) is 23.0 Å². The molecule has 8 aromatic rings. The van der Waals surface area contributed by atoms with Crippen LogP contribution in [0.4, 0.5) is 11.8 Å². The van der Waals surface area contributed by atoms with Gasteiger partial charge in [-0.25, -0.2) is 4.98 Å². The maximum absolute atomic E-state index is 13.1. The van der Waals surface area contributed by atoms with Crippen molar-refractivity contribution in [2.75, 3.05) is 58.0 Å². The predicted molar refractivity (Wildman–Crippen MR) is 316 cm³/mol. The molecule has 4 N–H and O–H groups in total. The molecule has 6 aromatic carbocycles. The molecule has 0 radical (unpaired) electrons. The van der Waals surface area contributed by atoms with Crippen LogP contribution >= 0.6 is 31.4 Å². The highest BCUT2D eigenvalue weighted by Gasteiger charge is 2.54. The Labute approximate surface area is 475 Å². The van der Waals surface area contributed by atoms with E-state index in [-0.39, 0.29) is 24.3 Å². The summed E-state index contributed by atoms with van der Waals surface area (Å²) in [5, 5.41) is 34.7. The average molecular weight is 1140 g/mol. The van der Waals surface area contributed by atoms with E-state index >= 15 is 0 Å². The number of methoxy groups -OCH3 is 4. The highest BCUT2D eigenvalue weighted by Crippen LogP contribution is 2.50. The van der Waals surface area contributed by atoms with Gasteiger partial charge in [-0.05, 0) is 95.3 Å². The van der Waals surface area contributed by atoms with Gasteiger partial charge in [-0.2, -0.15) is 4.98 Å². The lowest BCUT2D eigenvalue weighted by Gasteiger charge is -2.39. The number of nitrogens with zero attached hydrogens (tertiary/aromatic N) is 2. The summed E-state index contributed by atoms with van der Waals surface area (Å²) in [5.41, 5.74) is 0.790. The zero-order chi connectivity index (χ0) is 56.7. The molecule has 0 saturated carbocycles. The van der Waals surface area contributed by atoms with E-state index in [4.69, 9.17) is 42.7 Å². The molecule has 0 amide bonds. The number of carbonyl (C=O) groups is 1. The van der Waals surface area contributed by atoms with Gasteiger partial charge < -0.3 is 53.6 Å². The molecule has 80 heavy (non-hydrogen) atoms. The van der Waals surface area contributed by atoms with Gasteiger partial charge >= 0.3 is 8.25 Å². The molecule has 5 atom stereocenters. The molecule has 1 fully saturated rings. The van der Waals surface area contributed by atoms with Crippen LogP contribution in [0.3, 0.4) is 0 Å². The summed E-state index contributed by atoms with van der Waals surface area (Å²) in [6.45, 7) is 6.89. The first-order valence-electron chi connectivity index (χ1n) is 26.2. The molecule has 3 heterocycles. The topological polar surface area (TPSA) is 189 Å². The Balaban J connectivity index is 1.21. The number of hydrogen-bond donors (Lipinski definition) is 4. The Kier molecular flexibility index (Phi) is 18.0. The molecule has 18 heteroatoms. The van der Waals surface area contributed by atoms with Crippen molar-refractivity contribution in [2.24, 2.45) is 5.41 Å². The van der Waals surface area contributed by atoms with Crippen molar-refractivity contribution in [3.05, 3.63) is 201 Å². The molecular weight excluding hydrogens is 1070 g/mol. The predicted octanol–water partition coefficient (Wildman–Crippen LogP) is 12.2. The Hall–Kier alpha value is -6.79. The maximum Gasteiger partial charge on any atom is 0.319 e. The first-order valence-corrected chi connectivity index (χ1v) is 29.3. The number of hydrogen-bond acceptors (Lipinski definition) is 17. The number of thioether (sulfide) groups is 1. The number of thiophene rings is 1. The molecule has 9 rings (SSSR count). The minimum atomic E-state index is -3.09. The van der Waals surface area contributed by atoms with E-state index in [9.17, 15) is 19.6 Å². The van der Waals surface area contributed by atoms with Gasteiger partial charge in [0.1, 0.15) is 63.8 Å². The first kappa shape index (κ1) is 57.9. The van der Waals surface area contributed by atoms with Crippen molar-refractivity contribution >= 4 is 59.1 Å². The zero-order valence-electron chi connectivity index (χ0n) is 45.9. The standard InChI is InChI=1S/C62H67N4O11PS2/c1-9-59(2,3)57(68)79-37-36-75-78(70)76-38-51-54(67)60(4,69)55(77-51)53-52-50(39-80-53)56(65-61(40-16-12-10-13-17-40,42-20-28-46(71-5)29-21-42)43-22-30-47(72-6)31-23-43)64-58(63-52)66-62(41-18-14-11-15-19-41,44-24-32-48(73-7)33-25-44)45-26-34-49(74-8)35-27-45/h10-35,39,51,54-55,67,69,78H,9,36-38H2,1-8H3,(H2,63,64,65,66)/t51-,54-,55+,60-/m1/s1. The molecule has 15 nitrogen and oxygen atoms in total. The van der Waals surface area contributed by atoms with Crippen LogP contribution in [-0.4, -0.2) is 90.5 Å². The second-order valence-corrected chi connectivity index (χ2v) is 23.2. The lowest BCUT2D eigenvalue weighted by atomic mass is 9.76. The number of carbonyl (C=O) groups excluding carboxylic acids is 1. The van der Waals surface area contributed by atoms with Gasteiger partial charge in [0.2, 0.25) is 5.95 Å². The number of ether oxygens (including phenoxy) is 5. The summed E-state index contributed by atoms with van der Waals surface area (Å²) in [6.07, 6.45) is -3.10. The number of rotatable bonds is 24. The van der Waals surface area contributed by atoms with Crippen LogP contribution in [0, 0.1) is 5.41 Å². The largest absolute Gasteiger partial charge is 0.497 e. The van der Waals surface area contributed by atoms with E-state index < -0.39 is 48.7 Å². The summed E-state index contributed by atoms with van der Waals surface area (Å²) in [4.78, 5) is 24.0. The molecule has 1 unspecified atom stereocenters. The second-order valence-electron chi connectivity index (χ2n) is 20.2. The van der Waals surface area contributed by atoms with Crippen LogP contribution in [0.25, 0.3) is 10.9 Å². The lowest BCUT2D eigenvalue weighted by molar-refractivity contribution is -0.118. The smallest absolute Gasteiger partial charge is 0.319 e. The lowest BCUT2D eigenvalue weighted by Crippen LogP contribution is -2.43. The van der Waals surface area contributed by atoms with Crippen LogP contribution in [0.2, 0.25) is 0 Å². The van der Waals surface area contributed by atoms with Crippen molar-refractivity contribution in [3.8, 4) is 23.0 Å². The molecular formula is C62H67N4O11PS2. The normalized spacial score (nSPS) is 17.9.